The van der Waals surface area contributed by atoms with Crippen LogP contribution in [0.3, 0.4) is 0 Å². The average molecular weight is 313 g/mol. The van der Waals surface area contributed by atoms with Gasteiger partial charge in [0.05, 0.1) is 13.7 Å². The lowest BCUT2D eigenvalue weighted by molar-refractivity contribution is 0.292. The topological polar surface area (TPSA) is 60.8 Å². The first-order valence-electron chi connectivity index (χ1n) is 7.77. The highest BCUT2D eigenvalue weighted by atomic mass is 16.5. The van der Waals surface area contributed by atoms with Gasteiger partial charge in [0.25, 0.3) is 0 Å². The van der Waals surface area contributed by atoms with Gasteiger partial charge in [-0.05, 0) is 42.6 Å². The smallest absolute Gasteiger partial charge is 0.454 e. The predicted molar refractivity (Wildman–Crippen MR) is 88.9 cm³/mol. The van der Waals surface area contributed by atoms with Gasteiger partial charge in [-0.15, -0.1) is 0 Å². The van der Waals surface area contributed by atoms with Crippen LogP contribution in [0.4, 0.5) is 0 Å². The molecule has 120 valence electrons. The Morgan fingerprint density at radius 2 is 2.13 bits per heavy atom. The summed E-state index contributed by atoms with van der Waals surface area (Å²) < 4.78 is 16.2. The van der Waals surface area contributed by atoms with E-state index in [0.29, 0.717) is 25.3 Å². The van der Waals surface area contributed by atoms with E-state index in [1.165, 1.54) is 0 Å². The first kappa shape index (κ1) is 15.8. The minimum absolute atomic E-state index is 0.182. The average Bonchev–Trinajstić information content (AvgIpc) is 3.02. The van der Waals surface area contributed by atoms with Crippen molar-refractivity contribution in [3.8, 4) is 22.6 Å². The van der Waals surface area contributed by atoms with Crippen LogP contribution in [0.1, 0.15) is 18.4 Å². The van der Waals surface area contributed by atoms with Gasteiger partial charge < -0.3 is 19.2 Å². The number of hydrogen-bond donors (Lipinski definition) is 1. The molecule has 0 spiro atoms. The molecule has 5 nitrogen and oxygen atoms in total. The highest BCUT2D eigenvalue weighted by molar-refractivity contribution is 6.43. The van der Waals surface area contributed by atoms with Crippen molar-refractivity contribution in [3.63, 3.8) is 0 Å². The van der Waals surface area contributed by atoms with Crippen LogP contribution in [0.25, 0.3) is 11.1 Å². The Balaban J connectivity index is 1.91. The van der Waals surface area contributed by atoms with Crippen molar-refractivity contribution in [2.75, 3.05) is 20.3 Å². The van der Waals surface area contributed by atoms with Gasteiger partial charge in [-0.25, -0.2) is 0 Å². The van der Waals surface area contributed by atoms with Gasteiger partial charge in [-0.3, -0.25) is 4.98 Å². The summed E-state index contributed by atoms with van der Waals surface area (Å²) in [4.78, 5) is 4.34. The van der Waals surface area contributed by atoms with E-state index in [0.717, 1.165) is 22.4 Å². The molecule has 0 unspecified atom stereocenters. The fraction of sp³-hybridized carbons (Fsp3) is 0.353. The molecule has 1 aromatic carbocycles. The van der Waals surface area contributed by atoms with Crippen LogP contribution < -0.4 is 9.47 Å². The normalized spacial score (nSPS) is 17.3. The summed E-state index contributed by atoms with van der Waals surface area (Å²) in [5.74, 6) is 1.62. The molecule has 1 aliphatic heterocycles. The Labute approximate surface area is 136 Å². The van der Waals surface area contributed by atoms with Crippen LogP contribution >= 0.6 is 0 Å². The van der Waals surface area contributed by atoms with Gasteiger partial charge in [0, 0.05) is 30.5 Å². The van der Waals surface area contributed by atoms with Gasteiger partial charge in [0.2, 0.25) is 0 Å². The lowest BCUT2D eigenvalue weighted by Gasteiger charge is -2.13. The van der Waals surface area contributed by atoms with Crippen molar-refractivity contribution < 1.29 is 19.2 Å². The molecule has 2 heterocycles. The summed E-state index contributed by atoms with van der Waals surface area (Å²) >= 11 is 0. The molecule has 0 aliphatic carbocycles. The molecule has 6 heteroatoms. The van der Waals surface area contributed by atoms with Gasteiger partial charge in [-0.1, -0.05) is 6.07 Å². The van der Waals surface area contributed by atoms with Crippen molar-refractivity contribution in [1.82, 2.24) is 4.98 Å². The summed E-state index contributed by atoms with van der Waals surface area (Å²) in [6.45, 7) is 3.05. The second-order valence-electron chi connectivity index (χ2n) is 5.53. The first-order valence-corrected chi connectivity index (χ1v) is 7.77. The van der Waals surface area contributed by atoms with E-state index in [2.05, 4.69) is 11.1 Å². The maximum absolute atomic E-state index is 9.53. The molecule has 1 N–H and O–H groups in total. The molecule has 1 aromatic heterocycles. The molecule has 0 amide bonds. The third-order valence-corrected chi connectivity index (χ3v) is 4.00. The fourth-order valence-corrected chi connectivity index (χ4v) is 2.80. The maximum Gasteiger partial charge on any atom is 0.454 e. The third-order valence-electron chi connectivity index (χ3n) is 4.00. The molecular formula is C17H20BNO4. The quantitative estimate of drug-likeness (QED) is 0.860. The van der Waals surface area contributed by atoms with Crippen LogP contribution in [-0.2, 0) is 4.65 Å². The minimum atomic E-state index is -0.672. The summed E-state index contributed by atoms with van der Waals surface area (Å²) in [6.07, 6.45) is 4.27. The molecule has 1 atom stereocenters. The second-order valence-corrected chi connectivity index (χ2v) is 5.53. The number of nitrogens with zero attached hydrogens (tertiary/aromatic N) is 1. The fourth-order valence-electron chi connectivity index (χ4n) is 2.80. The SMILES string of the molecule is CCOc1cc(-c2cncc([C@H]3COB(O)C3)c2)ccc1OC. The van der Waals surface area contributed by atoms with E-state index in [1.54, 1.807) is 7.11 Å². The summed E-state index contributed by atoms with van der Waals surface area (Å²) in [5, 5.41) is 9.53. The number of methoxy groups -OCH3 is 1. The Morgan fingerprint density at radius 1 is 1.26 bits per heavy atom. The highest BCUT2D eigenvalue weighted by Gasteiger charge is 2.30. The van der Waals surface area contributed by atoms with Gasteiger partial charge >= 0.3 is 7.12 Å². The number of hydrogen-bond acceptors (Lipinski definition) is 5. The molecule has 23 heavy (non-hydrogen) atoms. The van der Waals surface area contributed by atoms with E-state index in [4.69, 9.17) is 14.1 Å². The maximum atomic E-state index is 9.53. The summed E-state index contributed by atoms with van der Waals surface area (Å²) in [5.41, 5.74) is 3.10. The molecule has 1 aliphatic rings. The Morgan fingerprint density at radius 3 is 2.83 bits per heavy atom. The van der Waals surface area contributed by atoms with E-state index < -0.39 is 7.12 Å². The van der Waals surface area contributed by atoms with Crippen molar-refractivity contribution in [1.29, 1.82) is 0 Å². The Hall–Kier alpha value is -2.05. The van der Waals surface area contributed by atoms with Gasteiger partial charge in [0.1, 0.15) is 0 Å². The zero-order chi connectivity index (χ0) is 16.2. The van der Waals surface area contributed by atoms with E-state index >= 15 is 0 Å². The molecule has 0 bridgehead atoms. The van der Waals surface area contributed by atoms with E-state index in [9.17, 15) is 5.02 Å². The number of rotatable bonds is 5. The van der Waals surface area contributed by atoms with Crippen LogP contribution in [0.5, 0.6) is 11.5 Å². The second kappa shape index (κ2) is 7.02. The van der Waals surface area contributed by atoms with Crippen LogP contribution in [-0.4, -0.2) is 37.4 Å². The molecule has 1 saturated heterocycles. The van der Waals surface area contributed by atoms with Crippen molar-refractivity contribution in [2.24, 2.45) is 0 Å². The van der Waals surface area contributed by atoms with Crippen molar-refractivity contribution in [2.45, 2.75) is 19.2 Å². The number of pyridine rings is 1. The molecule has 0 saturated carbocycles. The molecule has 0 radical (unpaired) electrons. The summed E-state index contributed by atoms with van der Waals surface area (Å²) in [6, 6.07) is 7.94. The zero-order valence-electron chi connectivity index (χ0n) is 13.4. The van der Waals surface area contributed by atoms with Crippen LogP contribution in [0, 0.1) is 0 Å². The zero-order valence-corrected chi connectivity index (χ0v) is 13.4. The predicted octanol–water partition coefficient (Wildman–Crippen LogP) is 2.75. The van der Waals surface area contributed by atoms with E-state index in [-0.39, 0.29) is 5.92 Å². The lowest BCUT2D eigenvalue weighted by Crippen LogP contribution is -2.07. The van der Waals surface area contributed by atoms with Crippen LogP contribution in [0.2, 0.25) is 6.32 Å². The standard InChI is InChI=1S/C17H20BNO4/c1-3-22-17-7-12(4-5-16(17)21-2)13-6-14(10-19-9-13)15-8-18(20)23-11-15/h4-7,9-10,15,20H,3,8,11H2,1-2H3/t15-/m1/s1. The van der Waals surface area contributed by atoms with E-state index in [1.807, 2.05) is 37.5 Å². The third kappa shape index (κ3) is 3.49. The molecule has 2 aromatic rings. The summed E-state index contributed by atoms with van der Waals surface area (Å²) in [7, 11) is 0.958. The largest absolute Gasteiger partial charge is 0.493 e. The number of ether oxygens (including phenoxy) is 2. The minimum Gasteiger partial charge on any atom is -0.493 e. The highest BCUT2D eigenvalue weighted by Crippen LogP contribution is 2.34. The lowest BCUT2D eigenvalue weighted by atomic mass is 9.80. The van der Waals surface area contributed by atoms with Crippen molar-refractivity contribution >= 4 is 7.12 Å². The molecular weight excluding hydrogens is 293 g/mol. The monoisotopic (exact) mass is 313 g/mol. The number of aromatic nitrogens is 1. The Kier molecular flexibility index (Phi) is 4.83. The van der Waals surface area contributed by atoms with Crippen LogP contribution in [0.15, 0.2) is 36.7 Å². The Bertz CT molecular complexity index is 679. The molecule has 1 fully saturated rings. The first-order chi connectivity index (χ1) is 11.2. The van der Waals surface area contributed by atoms with Crippen molar-refractivity contribution in [3.05, 3.63) is 42.2 Å². The van der Waals surface area contributed by atoms with Gasteiger partial charge in [-0.2, -0.15) is 0 Å². The molecule has 3 rings (SSSR count). The number of benzene rings is 1. The van der Waals surface area contributed by atoms with Gasteiger partial charge in [0.15, 0.2) is 11.5 Å².